The van der Waals surface area contributed by atoms with Gasteiger partial charge >= 0.3 is 6.03 Å². The minimum Gasteiger partial charge on any atom is -0.368 e. The van der Waals surface area contributed by atoms with E-state index in [-0.39, 0.29) is 18.0 Å². The van der Waals surface area contributed by atoms with E-state index in [0.29, 0.717) is 32.8 Å². The number of nitrogens with zero attached hydrogens (tertiary/aromatic N) is 4. The monoisotopic (exact) mass is 363 g/mol. The predicted molar refractivity (Wildman–Crippen MR) is 98.1 cm³/mol. The fraction of sp³-hybridized carbons (Fsp3) is 0.722. The van der Waals surface area contributed by atoms with Crippen LogP contribution in [0.3, 0.4) is 0 Å². The maximum atomic E-state index is 12.7. The number of aromatic nitrogens is 2. The van der Waals surface area contributed by atoms with Gasteiger partial charge in [-0.05, 0) is 40.0 Å². The van der Waals surface area contributed by atoms with Gasteiger partial charge in [-0.2, -0.15) is 5.10 Å². The second-order valence-electron chi connectivity index (χ2n) is 6.96. The summed E-state index contributed by atoms with van der Waals surface area (Å²) in [5.41, 5.74) is 2.57. The number of anilines is 1. The number of carbonyl (C=O) groups excluding carboxylic acids is 2. The summed E-state index contributed by atoms with van der Waals surface area (Å²) in [6, 6.07) is -0.127. The van der Waals surface area contributed by atoms with Gasteiger partial charge in [0, 0.05) is 39.3 Å². The van der Waals surface area contributed by atoms with Crippen molar-refractivity contribution in [2.75, 3.05) is 38.1 Å². The lowest BCUT2D eigenvalue weighted by Crippen LogP contribution is -2.42. The predicted octanol–water partition coefficient (Wildman–Crippen LogP) is 1.77. The first-order valence-corrected chi connectivity index (χ1v) is 9.51. The Bertz CT molecular complexity index is 666. The Morgan fingerprint density at radius 1 is 1.15 bits per heavy atom. The number of amides is 3. The molecular weight excluding hydrogens is 334 g/mol. The Morgan fingerprint density at radius 3 is 2.54 bits per heavy atom. The second-order valence-corrected chi connectivity index (χ2v) is 6.96. The highest BCUT2D eigenvalue weighted by atomic mass is 16.5. The maximum Gasteiger partial charge on any atom is 0.322 e. The topological polar surface area (TPSA) is 79.7 Å². The van der Waals surface area contributed by atoms with Gasteiger partial charge in [0.25, 0.3) is 5.91 Å². The Kier molecular flexibility index (Phi) is 5.80. The van der Waals surface area contributed by atoms with Gasteiger partial charge in [0.05, 0.1) is 17.1 Å². The molecule has 0 aliphatic carbocycles. The minimum absolute atomic E-state index is 0.0701. The zero-order chi connectivity index (χ0) is 18.7. The van der Waals surface area contributed by atoms with Gasteiger partial charge in [0.2, 0.25) is 0 Å². The largest absolute Gasteiger partial charge is 0.368 e. The van der Waals surface area contributed by atoms with E-state index in [9.17, 15) is 9.59 Å². The van der Waals surface area contributed by atoms with Crippen molar-refractivity contribution in [2.24, 2.45) is 0 Å². The number of rotatable bonds is 3. The van der Waals surface area contributed by atoms with Crippen LogP contribution in [0, 0.1) is 13.8 Å². The third-order valence-electron chi connectivity index (χ3n) is 5.21. The van der Waals surface area contributed by atoms with Crippen LogP contribution in [0.25, 0.3) is 0 Å². The van der Waals surface area contributed by atoms with E-state index >= 15 is 0 Å². The zero-order valence-corrected chi connectivity index (χ0v) is 16.0. The number of ether oxygens (including phenoxy) is 1. The summed E-state index contributed by atoms with van der Waals surface area (Å²) in [7, 11) is 0. The Morgan fingerprint density at radius 2 is 1.88 bits per heavy atom. The van der Waals surface area contributed by atoms with Crippen LogP contribution in [0.2, 0.25) is 0 Å². The highest BCUT2D eigenvalue weighted by Gasteiger charge is 2.30. The average molecular weight is 363 g/mol. The normalized spacial score (nSPS) is 21.0. The summed E-state index contributed by atoms with van der Waals surface area (Å²) in [6.45, 7) is 9.73. The third-order valence-corrected chi connectivity index (χ3v) is 5.21. The van der Waals surface area contributed by atoms with E-state index in [1.54, 1.807) is 4.90 Å². The summed E-state index contributed by atoms with van der Waals surface area (Å²) in [4.78, 5) is 28.8. The number of hydrogen-bond acceptors (Lipinski definition) is 4. The van der Waals surface area contributed by atoms with Crippen molar-refractivity contribution >= 4 is 17.6 Å². The molecule has 0 aromatic carbocycles. The van der Waals surface area contributed by atoms with Gasteiger partial charge in [-0.3, -0.25) is 9.48 Å². The molecule has 3 heterocycles. The molecule has 0 saturated carbocycles. The molecule has 0 spiro atoms. The molecule has 2 aliphatic rings. The summed E-state index contributed by atoms with van der Waals surface area (Å²) < 4.78 is 7.39. The highest BCUT2D eigenvalue weighted by Crippen LogP contribution is 2.20. The van der Waals surface area contributed by atoms with E-state index < -0.39 is 0 Å². The van der Waals surface area contributed by atoms with Gasteiger partial charge in [-0.15, -0.1) is 0 Å². The van der Waals surface area contributed by atoms with Gasteiger partial charge in [-0.25, -0.2) is 4.79 Å². The smallest absolute Gasteiger partial charge is 0.322 e. The summed E-state index contributed by atoms with van der Waals surface area (Å²) >= 11 is 0. The summed E-state index contributed by atoms with van der Waals surface area (Å²) in [5.74, 6) is 0.0701. The van der Waals surface area contributed by atoms with Crippen LogP contribution >= 0.6 is 0 Å². The molecule has 1 aromatic heterocycles. The lowest BCUT2D eigenvalue weighted by Gasteiger charge is -2.24. The van der Waals surface area contributed by atoms with Gasteiger partial charge in [0.1, 0.15) is 6.10 Å². The molecule has 2 aliphatic heterocycles. The molecule has 0 bridgehead atoms. The van der Waals surface area contributed by atoms with Gasteiger partial charge in [0.15, 0.2) is 0 Å². The molecule has 26 heavy (non-hydrogen) atoms. The lowest BCUT2D eigenvalue weighted by atomic mass is 10.2. The average Bonchev–Trinajstić information content (AvgIpc) is 3.17. The van der Waals surface area contributed by atoms with E-state index in [4.69, 9.17) is 4.74 Å². The van der Waals surface area contributed by atoms with Crippen LogP contribution in [-0.2, 0) is 16.1 Å². The van der Waals surface area contributed by atoms with Crippen LogP contribution in [0.4, 0.5) is 10.5 Å². The molecule has 1 aromatic rings. The Balaban J connectivity index is 1.59. The molecular formula is C18H29N5O3. The van der Waals surface area contributed by atoms with E-state index in [0.717, 1.165) is 42.9 Å². The quantitative estimate of drug-likeness (QED) is 0.887. The van der Waals surface area contributed by atoms with Gasteiger partial charge in [-0.1, -0.05) is 0 Å². The zero-order valence-electron chi connectivity index (χ0n) is 16.0. The van der Waals surface area contributed by atoms with Crippen molar-refractivity contribution in [3.05, 3.63) is 11.4 Å². The Labute approximate surface area is 154 Å². The third kappa shape index (κ3) is 3.85. The minimum atomic E-state index is -0.291. The van der Waals surface area contributed by atoms with E-state index in [2.05, 4.69) is 10.4 Å². The molecule has 1 N–H and O–H groups in total. The van der Waals surface area contributed by atoms with Crippen molar-refractivity contribution < 1.29 is 14.3 Å². The number of hydrogen-bond donors (Lipinski definition) is 1. The van der Waals surface area contributed by atoms with Crippen molar-refractivity contribution in [1.29, 1.82) is 0 Å². The number of carbonyl (C=O) groups is 2. The molecule has 0 radical (unpaired) electrons. The molecule has 1 unspecified atom stereocenters. The van der Waals surface area contributed by atoms with Crippen LogP contribution < -0.4 is 5.32 Å². The van der Waals surface area contributed by atoms with Crippen LogP contribution in [0.15, 0.2) is 0 Å². The highest BCUT2D eigenvalue weighted by molar-refractivity contribution is 5.90. The first-order valence-electron chi connectivity index (χ1n) is 9.51. The van der Waals surface area contributed by atoms with E-state index in [1.807, 2.05) is 30.4 Å². The lowest BCUT2D eigenvalue weighted by molar-refractivity contribution is -0.140. The Hall–Kier alpha value is -2.09. The molecule has 2 fully saturated rings. The molecule has 2 saturated heterocycles. The summed E-state index contributed by atoms with van der Waals surface area (Å²) in [5, 5.41) is 7.45. The maximum absolute atomic E-state index is 12.7. The number of nitrogens with one attached hydrogen (secondary N) is 1. The second kappa shape index (κ2) is 8.07. The van der Waals surface area contributed by atoms with Crippen molar-refractivity contribution in [3.63, 3.8) is 0 Å². The molecule has 1 atom stereocenters. The molecule has 8 nitrogen and oxygen atoms in total. The van der Waals surface area contributed by atoms with Gasteiger partial charge < -0.3 is 19.9 Å². The fourth-order valence-electron chi connectivity index (χ4n) is 3.69. The van der Waals surface area contributed by atoms with Crippen molar-refractivity contribution in [3.8, 4) is 0 Å². The van der Waals surface area contributed by atoms with Crippen LogP contribution in [0.1, 0.15) is 37.6 Å². The first-order chi connectivity index (χ1) is 12.5. The fourth-order valence-corrected chi connectivity index (χ4v) is 3.69. The number of aryl methyl sites for hydroxylation is 2. The standard InChI is InChI=1S/C18H29N5O3/c1-4-23-14(3)16(13(2)20-23)19-18(25)22-9-6-8-21(10-11-22)17(24)15-7-5-12-26-15/h15H,4-12H2,1-3H3,(H,19,25). The molecule has 3 amide bonds. The van der Waals surface area contributed by atoms with Crippen LogP contribution in [-0.4, -0.2) is 70.4 Å². The SMILES string of the molecule is CCn1nc(C)c(NC(=O)N2CCCN(C(=O)C3CCCO3)CC2)c1C. The van der Waals surface area contributed by atoms with Crippen LogP contribution in [0.5, 0.6) is 0 Å². The molecule has 8 heteroatoms. The molecule has 3 rings (SSSR count). The first kappa shape index (κ1) is 18.7. The molecule has 144 valence electrons. The summed E-state index contributed by atoms with van der Waals surface area (Å²) in [6.07, 6.45) is 2.24. The number of urea groups is 1. The van der Waals surface area contributed by atoms with Crippen molar-refractivity contribution in [2.45, 2.75) is 52.7 Å². The van der Waals surface area contributed by atoms with E-state index in [1.165, 1.54) is 0 Å². The van der Waals surface area contributed by atoms with Crippen molar-refractivity contribution in [1.82, 2.24) is 19.6 Å².